The number of benzene rings is 1. The summed E-state index contributed by atoms with van der Waals surface area (Å²) in [6, 6.07) is 8.45. The van der Waals surface area contributed by atoms with E-state index in [1.54, 1.807) is 7.11 Å². The predicted octanol–water partition coefficient (Wildman–Crippen LogP) is 4.57. The maximum Gasteiger partial charge on any atom is 0.278 e. The fourth-order valence-electron chi connectivity index (χ4n) is 4.64. The largest absolute Gasteiger partial charge is 0.497 e. The van der Waals surface area contributed by atoms with E-state index in [0.717, 1.165) is 49.4 Å². The highest BCUT2D eigenvalue weighted by atomic mass is 32.1. The van der Waals surface area contributed by atoms with Crippen molar-refractivity contribution in [1.29, 1.82) is 0 Å². The second-order valence-corrected chi connectivity index (χ2v) is 9.09. The summed E-state index contributed by atoms with van der Waals surface area (Å²) in [6.07, 6.45) is 11.5. The van der Waals surface area contributed by atoms with Crippen LogP contribution in [0.4, 0.5) is 0 Å². The Morgan fingerprint density at radius 2 is 1.90 bits per heavy atom. The van der Waals surface area contributed by atoms with Gasteiger partial charge in [-0.2, -0.15) is 0 Å². The number of methoxy groups -OCH3 is 1. The number of thiocarbonyl (C=S) groups is 1. The van der Waals surface area contributed by atoms with Crippen molar-refractivity contribution < 1.29 is 14.4 Å². The SMILES string of the molecule is COc1cccc(C2=NOC3(CCN(OC(=S)NC4CCCCCCC4)CC3)C2)c1. The Bertz CT molecular complexity index is 754. The standard InChI is InChI=1S/C23H33N3O3S/c1-27-20-11-7-8-18(16-20)21-17-23(29-25-21)12-14-26(15-13-23)28-22(30)24-19-9-5-3-2-4-6-10-19/h7-8,11,16,19H,2-6,9-10,12-15,17H2,1H3,(H,24,30). The Hall–Kier alpha value is -1.86. The first-order valence-electron chi connectivity index (χ1n) is 11.3. The molecule has 2 fully saturated rings. The fourth-order valence-corrected chi connectivity index (χ4v) is 4.91. The Balaban J connectivity index is 1.23. The summed E-state index contributed by atoms with van der Waals surface area (Å²) in [5.74, 6) is 0.838. The molecule has 0 amide bonds. The molecular weight excluding hydrogens is 398 g/mol. The summed E-state index contributed by atoms with van der Waals surface area (Å²) in [5, 5.41) is 10.3. The van der Waals surface area contributed by atoms with Gasteiger partial charge < -0.3 is 19.7 Å². The van der Waals surface area contributed by atoms with Crippen LogP contribution in [0.2, 0.25) is 0 Å². The van der Waals surface area contributed by atoms with Crippen LogP contribution in [0, 0.1) is 0 Å². The van der Waals surface area contributed by atoms with E-state index in [4.69, 9.17) is 26.6 Å². The van der Waals surface area contributed by atoms with Crippen LogP contribution in [0.25, 0.3) is 0 Å². The lowest BCUT2D eigenvalue weighted by atomic mass is 9.86. The topological polar surface area (TPSA) is 55.3 Å². The average molecular weight is 432 g/mol. The number of ether oxygens (including phenoxy) is 1. The Morgan fingerprint density at radius 3 is 2.63 bits per heavy atom. The van der Waals surface area contributed by atoms with Crippen molar-refractivity contribution in [3.8, 4) is 5.75 Å². The van der Waals surface area contributed by atoms with Crippen LogP contribution < -0.4 is 10.1 Å². The van der Waals surface area contributed by atoms with Crippen molar-refractivity contribution in [2.75, 3.05) is 20.2 Å². The molecule has 0 radical (unpaired) electrons. The van der Waals surface area contributed by atoms with E-state index in [-0.39, 0.29) is 5.60 Å². The van der Waals surface area contributed by atoms with Gasteiger partial charge in [0.2, 0.25) is 0 Å². The van der Waals surface area contributed by atoms with Crippen molar-refractivity contribution in [3.05, 3.63) is 29.8 Å². The molecule has 0 aromatic heterocycles. The monoisotopic (exact) mass is 431 g/mol. The maximum absolute atomic E-state index is 5.95. The van der Waals surface area contributed by atoms with Crippen LogP contribution in [-0.2, 0) is 9.68 Å². The highest BCUT2D eigenvalue weighted by Gasteiger charge is 2.43. The third-order valence-corrected chi connectivity index (χ3v) is 6.71. The second kappa shape index (κ2) is 9.96. The Morgan fingerprint density at radius 1 is 1.17 bits per heavy atom. The van der Waals surface area contributed by atoms with Gasteiger partial charge in [0.05, 0.1) is 12.8 Å². The van der Waals surface area contributed by atoms with Gasteiger partial charge in [-0.25, -0.2) is 0 Å². The molecular formula is C23H33N3O3S. The molecule has 1 aliphatic carbocycles. The van der Waals surface area contributed by atoms with Crippen LogP contribution >= 0.6 is 12.2 Å². The van der Waals surface area contributed by atoms with Gasteiger partial charge >= 0.3 is 0 Å². The fraction of sp³-hybridized carbons (Fsp3) is 0.652. The lowest BCUT2D eigenvalue weighted by Gasteiger charge is -2.36. The lowest BCUT2D eigenvalue weighted by molar-refractivity contribution is -0.145. The third kappa shape index (κ3) is 5.43. The van der Waals surface area contributed by atoms with Crippen molar-refractivity contribution in [2.45, 2.75) is 75.9 Å². The lowest BCUT2D eigenvalue weighted by Crippen LogP contribution is -2.47. The van der Waals surface area contributed by atoms with E-state index in [9.17, 15) is 0 Å². The Kier molecular flexibility index (Phi) is 7.10. The molecule has 1 saturated carbocycles. The predicted molar refractivity (Wildman–Crippen MR) is 122 cm³/mol. The highest BCUT2D eigenvalue weighted by Crippen LogP contribution is 2.36. The molecule has 1 N–H and O–H groups in total. The van der Waals surface area contributed by atoms with Crippen LogP contribution in [0.1, 0.15) is 69.8 Å². The van der Waals surface area contributed by atoms with Gasteiger partial charge in [-0.3, -0.25) is 0 Å². The van der Waals surface area contributed by atoms with Gasteiger partial charge in [0.25, 0.3) is 5.17 Å². The molecule has 1 spiro atoms. The number of hydrogen-bond acceptors (Lipinski definition) is 6. The molecule has 1 saturated heterocycles. The minimum Gasteiger partial charge on any atom is -0.497 e. The summed E-state index contributed by atoms with van der Waals surface area (Å²) >= 11 is 5.49. The summed E-state index contributed by atoms with van der Waals surface area (Å²) in [4.78, 5) is 11.9. The molecule has 164 valence electrons. The molecule has 6 nitrogen and oxygen atoms in total. The molecule has 0 bridgehead atoms. The molecule has 1 aromatic carbocycles. The normalized spacial score (nSPS) is 22.5. The van der Waals surface area contributed by atoms with Crippen LogP contribution in [0.15, 0.2) is 29.4 Å². The number of rotatable bonds is 4. The Labute approximate surface area is 184 Å². The van der Waals surface area contributed by atoms with Gasteiger partial charge in [-0.05, 0) is 37.2 Å². The number of piperidine rings is 1. The van der Waals surface area contributed by atoms with Crippen molar-refractivity contribution in [2.24, 2.45) is 5.16 Å². The summed E-state index contributed by atoms with van der Waals surface area (Å²) < 4.78 is 5.33. The van der Waals surface area contributed by atoms with Gasteiger partial charge in [0.1, 0.15) is 11.4 Å². The highest BCUT2D eigenvalue weighted by molar-refractivity contribution is 7.80. The molecule has 2 aliphatic heterocycles. The quantitative estimate of drug-likeness (QED) is 0.705. The zero-order chi connectivity index (χ0) is 20.8. The van der Waals surface area contributed by atoms with Gasteiger partial charge in [0, 0.05) is 44.0 Å². The van der Waals surface area contributed by atoms with Crippen molar-refractivity contribution in [3.63, 3.8) is 0 Å². The van der Waals surface area contributed by atoms with E-state index < -0.39 is 0 Å². The second-order valence-electron chi connectivity index (χ2n) is 8.72. The molecule has 3 aliphatic rings. The molecule has 0 unspecified atom stereocenters. The summed E-state index contributed by atoms with van der Waals surface area (Å²) in [6.45, 7) is 1.57. The first-order chi connectivity index (χ1) is 14.7. The van der Waals surface area contributed by atoms with Crippen LogP contribution in [0.5, 0.6) is 5.75 Å². The summed E-state index contributed by atoms with van der Waals surface area (Å²) in [5.41, 5.74) is 1.83. The van der Waals surface area contributed by atoms with E-state index in [1.165, 1.54) is 44.9 Å². The molecule has 4 rings (SSSR count). The van der Waals surface area contributed by atoms with Crippen LogP contribution in [-0.4, -0.2) is 47.8 Å². The van der Waals surface area contributed by atoms with Crippen molar-refractivity contribution >= 4 is 23.1 Å². The number of hydroxylamine groups is 2. The van der Waals surface area contributed by atoms with Gasteiger partial charge in [-0.15, -0.1) is 5.06 Å². The molecule has 30 heavy (non-hydrogen) atoms. The number of oxime groups is 1. The van der Waals surface area contributed by atoms with Crippen LogP contribution in [0.3, 0.4) is 0 Å². The zero-order valence-electron chi connectivity index (χ0n) is 17.9. The number of hydrogen-bond donors (Lipinski definition) is 1. The molecule has 1 aromatic rings. The zero-order valence-corrected chi connectivity index (χ0v) is 18.7. The van der Waals surface area contributed by atoms with E-state index in [0.29, 0.717) is 11.2 Å². The molecule has 7 heteroatoms. The first-order valence-corrected chi connectivity index (χ1v) is 11.7. The minimum absolute atomic E-state index is 0.229. The van der Waals surface area contributed by atoms with E-state index >= 15 is 0 Å². The van der Waals surface area contributed by atoms with E-state index in [1.807, 2.05) is 23.3 Å². The first kappa shape index (κ1) is 21.4. The van der Waals surface area contributed by atoms with Crippen molar-refractivity contribution in [1.82, 2.24) is 10.4 Å². The third-order valence-electron chi connectivity index (χ3n) is 6.51. The smallest absolute Gasteiger partial charge is 0.278 e. The molecule has 0 atom stereocenters. The van der Waals surface area contributed by atoms with E-state index in [2.05, 4.69) is 16.5 Å². The maximum atomic E-state index is 5.95. The number of nitrogens with one attached hydrogen (secondary N) is 1. The van der Waals surface area contributed by atoms with Gasteiger partial charge in [0.15, 0.2) is 0 Å². The summed E-state index contributed by atoms with van der Waals surface area (Å²) in [7, 11) is 1.68. The minimum atomic E-state index is -0.229. The number of nitrogens with zero attached hydrogens (tertiary/aromatic N) is 2. The van der Waals surface area contributed by atoms with Gasteiger partial charge in [-0.1, -0.05) is 49.4 Å². The average Bonchev–Trinajstić information content (AvgIpc) is 3.16. The molecule has 2 heterocycles.